The lowest BCUT2D eigenvalue weighted by Crippen LogP contribution is -2.45. The minimum absolute atomic E-state index is 0.0793. The molecule has 22 heavy (non-hydrogen) atoms. The Kier molecular flexibility index (Phi) is 4.71. The van der Waals surface area contributed by atoms with Crippen molar-refractivity contribution in [2.45, 2.75) is 31.4 Å². The van der Waals surface area contributed by atoms with Crippen LogP contribution in [-0.4, -0.2) is 31.4 Å². The van der Waals surface area contributed by atoms with Gasteiger partial charge in [0.2, 0.25) is 0 Å². The maximum absolute atomic E-state index is 11.3. The highest BCUT2D eigenvalue weighted by molar-refractivity contribution is 6.30. The van der Waals surface area contributed by atoms with Crippen molar-refractivity contribution in [2.75, 3.05) is 5.88 Å². The van der Waals surface area contributed by atoms with Gasteiger partial charge in [0.1, 0.15) is 12.7 Å². The van der Waals surface area contributed by atoms with E-state index >= 15 is 0 Å². The summed E-state index contributed by atoms with van der Waals surface area (Å²) in [7, 11) is 0. The van der Waals surface area contributed by atoms with Crippen molar-refractivity contribution < 1.29 is 5.11 Å². The zero-order chi connectivity index (χ0) is 15.6. The number of nitrogens with zero attached hydrogens (tertiary/aromatic N) is 3. The Balaban J connectivity index is 1.80. The Morgan fingerprint density at radius 3 is 2.59 bits per heavy atom. The molecule has 3 rings (SSSR count). The van der Waals surface area contributed by atoms with E-state index in [4.69, 9.17) is 23.2 Å². The first kappa shape index (κ1) is 15.8. The van der Waals surface area contributed by atoms with Gasteiger partial charge in [0.15, 0.2) is 0 Å². The van der Waals surface area contributed by atoms with Crippen LogP contribution >= 0.6 is 23.2 Å². The molecule has 0 bridgehead atoms. The minimum Gasteiger partial charge on any atom is -0.387 e. The van der Waals surface area contributed by atoms with Crippen LogP contribution in [0.3, 0.4) is 0 Å². The SMILES string of the molecule is O[C@@]1(Cn2cncn2)[C@@H](Cc2ccc(Cl)cc2)CC[C@@H]1CCl. The fourth-order valence-electron chi connectivity index (χ4n) is 3.46. The number of aliphatic hydroxyl groups is 1. The van der Waals surface area contributed by atoms with Gasteiger partial charge >= 0.3 is 0 Å². The molecule has 4 nitrogen and oxygen atoms in total. The molecule has 1 aliphatic carbocycles. The van der Waals surface area contributed by atoms with Gasteiger partial charge in [-0.3, -0.25) is 4.68 Å². The highest BCUT2D eigenvalue weighted by atomic mass is 35.5. The van der Waals surface area contributed by atoms with Crippen LogP contribution in [0.25, 0.3) is 0 Å². The molecule has 0 radical (unpaired) electrons. The predicted octanol–water partition coefficient (Wildman–Crippen LogP) is 3.17. The van der Waals surface area contributed by atoms with E-state index in [-0.39, 0.29) is 11.8 Å². The van der Waals surface area contributed by atoms with Crippen LogP contribution in [0.4, 0.5) is 0 Å². The molecule has 0 spiro atoms. The molecule has 118 valence electrons. The lowest BCUT2D eigenvalue weighted by Gasteiger charge is -2.34. The van der Waals surface area contributed by atoms with E-state index in [2.05, 4.69) is 10.1 Å². The smallest absolute Gasteiger partial charge is 0.137 e. The van der Waals surface area contributed by atoms with Crippen LogP contribution in [0.1, 0.15) is 18.4 Å². The fourth-order valence-corrected chi connectivity index (χ4v) is 4.01. The molecular formula is C16H19Cl2N3O. The number of hydrogen-bond acceptors (Lipinski definition) is 3. The number of halogens is 2. The summed E-state index contributed by atoms with van der Waals surface area (Å²) >= 11 is 12.0. The van der Waals surface area contributed by atoms with Crippen molar-refractivity contribution >= 4 is 23.2 Å². The van der Waals surface area contributed by atoms with E-state index in [0.717, 1.165) is 24.3 Å². The zero-order valence-electron chi connectivity index (χ0n) is 12.2. The van der Waals surface area contributed by atoms with Crippen LogP contribution < -0.4 is 0 Å². The molecule has 6 heteroatoms. The number of benzene rings is 1. The van der Waals surface area contributed by atoms with Crippen LogP contribution in [0.15, 0.2) is 36.9 Å². The third-order valence-corrected chi connectivity index (χ3v) is 5.37. The first-order valence-corrected chi connectivity index (χ1v) is 8.38. The van der Waals surface area contributed by atoms with Crippen molar-refractivity contribution in [1.29, 1.82) is 0 Å². The van der Waals surface area contributed by atoms with Crippen molar-refractivity contribution in [3.8, 4) is 0 Å². The summed E-state index contributed by atoms with van der Waals surface area (Å²) in [4.78, 5) is 3.96. The summed E-state index contributed by atoms with van der Waals surface area (Å²) < 4.78 is 1.69. The molecule has 0 amide bonds. The van der Waals surface area contributed by atoms with Gasteiger partial charge in [-0.05, 0) is 42.9 Å². The van der Waals surface area contributed by atoms with Gasteiger partial charge in [-0.15, -0.1) is 11.6 Å². The number of alkyl halides is 1. The first-order chi connectivity index (χ1) is 10.6. The molecule has 1 saturated carbocycles. The van der Waals surface area contributed by atoms with Crippen LogP contribution in [0, 0.1) is 11.8 Å². The quantitative estimate of drug-likeness (QED) is 0.851. The number of aromatic nitrogens is 3. The number of hydrogen-bond donors (Lipinski definition) is 1. The summed E-state index contributed by atoms with van der Waals surface area (Å²) in [6.07, 6.45) is 5.84. The maximum atomic E-state index is 11.3. The van der Waals surface area contributed by atoms with Crippen molar-refractivity contribution in [3.63, 3.8) is 0 Å². The topological polar surface area (TPSA) is 50.9 Å². The van der Waals surface area contributed by atoms with E-state index in [0.29, 0.717) is 12.4 Å². The van der Waals surface area contributed by atoms with E-state index in [1.165, 1.54) is 11.9 Å². The molecule has 1 aliphatic rings. The van der Waals surface area contributed by atoms with Crippen LogP contribution in [-0.2, 0) is 13.0 Å². The van der Waals surface area contributed by atoms with E-state index in [1.54, 1.807) is 11.0 Å². The minimum atomic E-state index is -0.852. The Labute approximate surface area is 140 Å². The van der Waals surface area contributed by atoms with Gasteiger partial charge in [-0.1, -0.05) is 23.7 Å². The zero-order valence-corrected chi connectivity index (χ0v) is 13.7. The Hall–Kier alpha value is -1.10. The van der Waals surface area contributed by atoms with Crippen molar-refractivity contribution in [3.05, 3.63) is 47.5 Å². The highest BCUT2D eigenvalue weighted by Crippen LogP contribution is 2.44. The van der Waals surface area contributed by atoms with Crippen LogP contribution in [0.2, 0.25) is 5.02 Å². The molecule has 1 heterocycles. The average molecular weight is 340 g/mol. The molecule has 3 atom stereocenters. The standard InChI is InChI=1S/C16H19Cl2N3O/c17-8-14-4-3-13(7-12-1-5-15(18)6-2-12)16(14,22)9-21-11-19-10-20-21/h1-2,5-6,10-11,13-14,22H,3-4,7-9H2/t13-,14-,16+/m1/s1. The largest absolute Gasteiger partial charge is 0.387 e. The molecule has 1 fully saturated rings. The monoisotopic (exact) mass is 339 g/mol. The normalized spacial score (nSPS) is 28.1. The molecule has 2 aromatic rings. The first-order valence-electron chi connectivity index (χ1n) is 7.47. The lowest BCUT2D eigenvalue weighted by molar-refractivity contribution is -0.0471. The molecule has 1 N–H and O–H groups in total. The van der Waals surface area contributed by atoms with Gasteiger partial charge in [0.25, 0.3) is 0 Å². The van der Waals surface area contributed by atoms with Gasteiger partial charge in [-0.2, -0.15) is 5.10 Å². The summed E-state index contributed by atoms with van der Waals surface area (Å²) in [5.74, 6) is 0.694. The Morgan fingerprint density at radius 2 is 1.95 bits per heavy atom. The lowest BCUT2D eigenvalue weighted by atomic mass is 9.81. The van der Waals surface area contributed by atoms with E-state index in [9.17, 15) is 5.11 Å². The summed E-state index contributed by atoms with van der Waals surface area (Å²) in [6, 6.07) is 7.82. The third kappa shape index (κ3) is 3.14. The predicted molar refractivity (Wildman–Crippen MR) is 87.1 cm³/mol. The Bertz CT molecular complexity index is 602. The van der Waals surface area contributed by atoms with E-state index < -0.39 is 5.60 Å². The molecule has 1 aromatic carbocycles. The second kappa shape index (κ2) is 6.57. The molecule has 0 aliphatic heterocycles. The molecular weight excluding hydrogens is 321 g/mol. The molecule has 0 unspecified atom stereocenters. The van der Waals surface area contributed by atoms with Gasteiger partial charge in [0, 0.05) is 16.8 Å². The van der Waals surface area contributed by atoms with Crippen molar-refractivity contribution in [1.82, 2.24) is 14.8 Å². The summed E-state index contributed by atoms with van der Waals surface area (Å²) in [6.45, 7) is 0.433. The summed E-state index contributed by atoms with van der Waals surface area (Å²) in [5, 5.41) is 16.2. The second-order valence-electron chi connectivity index (χ2n) is 6.04. The van der Waals surface area contributed by atoms with Gasteiger partial charge < -0.3 is 5.11 Å². The summed E-state index contributed by atoms with van der Waals surface area (Å²) in [5.41, 5.74) is 0.330. The fraction of sp³-hybridized carbons (Fsp3) is 0.500. The highest BCUT2D eigenvalue weighted by Gasteiger charge is 2.48. The maximum Gasteiger partial charge on any atom is 0.137 e. The van der Waals surface area contributed by atoms with E-state index in [1.807, 2.05) is 24.3 Å². The van der Waals surface area contributed by atoms with Gasteiger partial charge in [-0.25, -0.2) is 4.98 Å². The van der Waals surface area contributed by atoms with Crippen molar-refractivity contribution in [2.24, 2.45) is 11.8 Å². The molecule has 1 aromatic heterocycles. The third-order valence-electron chi connectivity index (χ3n) is 4.74. The second-order valence-corrected chi connectivity index (χ2v) is 6.79. The molecule has 0 saturated heterocycles. The average Bonchev–Trinajstić information content (AvgIpc) is 3.11. The van der Waals surface area contributed by atoms with Crippen LogP contribution in [0.5, 0.6) is 0 Å². The van der Waals surface area contributed by atoms with Gasteiger partial charge in [0.05, 0.1) is 12.1 Å². The Morgan fingerprint density at radius 1 is 1.23 bits per heavy atom. The number of rotatable bonds is 5.